The molecule has 0 amide bonds. The summed E-state index contributed by atoms with van der Waals surface area (Å²) in [6, 6.07) is 10.4. The first kappa shape index (κ1) is 13.7. The summed E-state index contributed by atoms with van der Waals surface area (Å²) >= 11 is 0. The number of hydrogen-bond acceptors (Lipinski definition) is 7. The van der Waals surface area contributed by atoms with Gasteiger partial charge in [-0.15, -0.1) is 0 Å². The van der Waals surface area contributed by atoms with E-state index >= 15 is 0 Å². The molecule has 0 radical (unpaired) electrons. The molecule has 0 atom stereocenters. The van der Waals surface area contributed by atoms with E-state index in [0.717, 1.165) is 0 Å². The Kier molecular flexibility index (Phi) is 4.05. The van der Waals surface area contributed by atoms with Crippen LogP contribution < -0.4 is 14.5 Å². The number of methoxy groups -OCH3 is 1. The summed E-state index contributed by atoms with van der Waals surface area (Å²) in [6.07, 6.45) is 4.77. The molecule has 2 aromatic heterocycles. The van der Waals surface area contributed by atoms with Gasteiger partial charge in [-0.2, -0.15) is 4.98 Å². The topological polar surface area (TPSA) is 79.2 Å². The number of para-hydroxylation sites is 2. The van der Waals surface area contributed by atoms with Crippen molar-refractivity contribution in [1.29, 1.82) is 0 Å². The highest BCUT2D eigenvalue weighted by molar-refractivity contribution is 5.42. The molecular formula is C15H12N4O3. The lowest BCUT2D eigenvalue weighted by Gasteiger charge is -2.08. The van der Waals surface area contributed by atoms with Crippen molar-refractivity contribution < 1.29 is 14.5 Å². The monoisotopic (exact) mass is 296 g/mol. The minimum Gasteiger partial charge on any atom is -0.493 e. The van der Waals surface area contributed by atoms with Crippen LogP contribution in [0.4, 0.5) is 0 Å². The molecule has 7 nitrogen and oxygen atoms in total. The number of ether oxygens (including phenoxy) is 1. The quantitative estimate of drug-likeness (QED) is 0.528. The van der Waals surface area contributed by atoms with E-state index < -0.39 is 0 Å². The predicted molar refractivity (Wildman–Crippen MR) is 77.3 cm³/mol. The second-order valence-electron chi connectivity index (χ2n) is 4.11. The Morgan fingerprint density at radius 3 is 2.23 bits per heavy atom. The zero-order valence-electron chi connectivity index (χ0n) is 11.7. The highest BCUT2D eigenvalue weighted by Crippen LogP contribution is 2.26. The molecule has 0 bridgehead atoms. The summed E-state index contributed by atoms with van der Waals surface area (Å²) in [6.45, 7) is 0. The summed E-state index contributed by atoms with van der Waals surface area (Å²) in [5.41, 5.74) is 0. The van der Waals surface area contributed by atoms with Gasteiger partial charge in [-0.1, -0.05) is 12.1 Å². The van der Waals surface area contributed by atoms with Crippen molar-refractivity contribution in [2.75, 3.05) is 7.11 Å². The van der Waals surface area contributed by atoms with Crippen molar-refractivity contribution in [2.24, 2.45) is 0 Å². The van der Waals surface area contributed by atoms with Gasteiger partial charge in [0.1, 0.15) is 0 Å². The SMILES string of the molecule is COc1ccccc1OOc1ccnc(-c2ncccn2)n1. The van der Waals surface area contributed by atoms with Gasteiger partial charge in [0, 0.05) is 24.7 Å². The van der Waals surface area contributed by atoms with Crippen molar-refractivity contribution in [1.82, 2.24) is 19.9 Å². The van der Waals surface area contributed by atoms with Crippen molar-refractivity contribution in [3.8, 4) is 29.0 Å². The molecular weight excluding hydrogens is 284 g/mol. The van der Waals surface area contributed by atoms with Gasteiger partial charge in [-0.05, 0) is 18.2 Å². The molecule has 0 fully saturated rings. The maximum atomic E-state index is 5.25. The first-order valence-corrected chi connectivity index (χ1v) is 6.45. The van der Waals surface area contributed by atoms with Crippen LogP contribution in [0.15, 0.2) is 55.0 Å². The molecule has 3 rings (SSSR count). The summed E-state index contributed by atoms with van der Waals surface area (Å²) in [4.78, 5) is 26.9. The molecule has 0 saturated heterocycles. The van der Waals surface area contributed by atoms with Crippen molar-refractivity contribution >= 4 is 0 Å². The molecule has 2 heterocycles. The zero-order chi connectivity index (χ0) is 15.2. The third-order valence-electron chi connectivity index (χ3n) is 2.68. The molecule has 7 heteroatoms. The summed E-state index contributed by atoms with van der Waals surface area (Å²) < 4.78 is 5.17. The van der Waals surface area contributed by atoms with Gasteiger partial charge in [0.25, 0.3) is 5.88 Å². The molecule has 3 aromatic rings. The van der Waals surface area contributed by atoms with Crippen LogP contribution in [0.1, 0.15) is 0 Å². The Balaban J connectivity index is 1.76. The highest BCUT2D eigenvalue weighted by Gasteiger charge is 2.08. The second kappa shape index (κ2) is 6.49. The fraction of sp³-hybridized carbons (Fsp3) is 0.0667. The lowest BCUT2D eigenvalue weighted by molar-refractivity contribution is -0.106. The van der Waals surface area contributed by atoms with Gasteiger partial charge in [0.05, 0.1) is 7.11 Å². The Labute approximate surface area is 126 Å². The van der Waals surface area contributed by atoms with E-state index in [2.05, 4.69) is 19.9 Å². The Morgan fingerprint density at radius 2 is 1.45 bits per heavy atom. The number of rotatable bonds is 5. The molecule has 0 unspecified atom stereocenters. The van der Waals surface area contributed by atoms with E-state index in [1.54, 1.807) is 50.0 Å². The van der Waals surface area contributed by atoms with Crippen LogP contribution in [0.3, 0.4) is 0 Å². The summed E-state index contributed by atoms with van der Waals surface area (Å²) in [7, 11) is 1.55. The van der Waals surface area contributed by atoms with E-state index in [1.807, 2.05) is 12.1 Å². The summed E-state index contributed by atoms with van der Waals surface area (Å²) in [5.74, 6) is 2.00. The molecule has 0 aliphatic carbocycles. The molecule has 110 valence electrons. The van der Waals surface area contributed by atoms with Crippen LogP contribution in [-0.2, 0) is 0 Å². The van der Waals surface area contributed by atoms with E-state index in [-0.39, 0.29) is 5.88 Å². The second-order valence-corrected chi connectivity index (χ2v) is 4.11. The van der Waals surface area contributed by atoms with E-state index in [1.165, 1.54) is 0 Å². The zero-order valence-corrected chi connectivity index (χ0v) is 11.7. The van der Waals surface area contributed by atoms with Crippen molar-refractivity contribution in [3.63, 3.8) is 0 Å². The van der Waals surface area contributed by atoms with Gasteiger partial charge in [0.15, 0.2) is 11.6 Å². The average molecular weight is 296 g/mol. The third kappa shape index (κ3) is 3.09. The van der Waals surface area contributed by atoms with Gasteiger partial charge < -0.3 is 4.74 Å². The molecule has 0 aliphatic rings. The van der Waals surface area contributed by atoms with E-state index in [4.69, 9.17) is 14.5 Å². The lowest BCUT2D eigenvalue weighted by Crippen LogP contribution is -2.04. The van der Waals surface area contributed by atoms with Gasteiger partial charge in [-0.3, -0.25) is 9.78 Å². The van der Waals surface area contributed by atoms with Crippen LogP contribution in [0.5, 0.6) is 17.4 Å². The van der Waals surface area contributed by atoms with E-state index in [0.29, 0.717) is 23.1 Å². The normalized spacial score (nSPS) is 10.0. The average Bonchev–Trinajstić information content (AvgIpc) is 2.61. The van der Waals surface area contributed by atoms with Crippen molar-refractivity contribution in [2.45, 2.75) is 0 Å². The maximum absolute atomic E-state index is 5.25. The van der Waals surface area contributed by atoms with Gasteiger partial charge in [-0.25, -0.2) is 15.0 Å². The number of benzene rings is 1. The third-order valence-corrected chi connectivity index (χ3v) is 2.68. The standard InChI is InChI=1S/C15H12N4O3/c1-20-11-5-2-3-6-12(11)21-22-13-7-10-18-15(19-13)14-16-8-4-9-17-14/h2-10H,1H3. The smallest absolute Gasteiger partial charge is 0.273 e. The van der Waals surface area contributed by atoms with E-state index in [9.17, 15) is 0 Å². The molecule has 0 aliphatic heterocycles. The first-order valence-electron chi connectivity index (χ1n) is 6.45. The minimum atomic E-state index is 0.239. The van der Waals surface area contributed by atoms with Gasteiger partial charge in [0.2, 0.25) is 11.6 Å². The fourth-order valence-corrected chi connectivity index (χ4v) is 1.69. The fourth-order valence-electron chi connectivity index (χ4n) is 1.69. The Bertz CT molecular complexity index is 753. The van der Waals surface area contributed by atoms with Gasteiger partial charge >= 0.3 is 0 Å². The van der Waals surface area contributed by atoms with Crippen LogP contribution >= 0.6 is 0 Å². The largest absolute Gasteiger partial charge is 0.493 e. The van der Waals surface area contributed by atoms with Crippen molar-refractivity contribution in [3.05, 3.63) is 55.0 Å². The number of hydrogen-bond donors (Lipinski definition) is 0. The molecule has 22 heavy (non-hydrogen) atoms. The minimum absolute atomic E-state index is 0.239. The maximum Gasteiger partial charge on any atom is 0.273 e. The van der Waals surface area contributed by atoms with Crippen LogP contribution in [-0.4, -0.2) is 27.0 Å². The highest BCUT2D eigenvalue weighted by atomic mass is 17.2. The van der Waals surface area contributed by atoms with Crippen LogP contribution in [0.25, 0.3) is 11.6 Å². The summed E-state index contributed by atoms with van der Waals surface area (Å²) in [5, 5.41) is 0. The first-order chi connectivity index (χ1) is 10.9. The Morgan fingerprint density at radius 1 is 0.727 bits per heavy atom. The predicted octanol–water partition coefficient (Wildman–Crippen LogP) is 2.31. The molecule has 0 N–H and O–H groups in total. The number of nitrogens with zero attached hydrogens (tertiary/aromatic N) is 4. The number of aromatic nitrogens is 4. The molecule has 0 spiro atoms. The van der Waals surface area contributed by atoms with Crippen LogP contribution in [0.2, 0.25) is 0 Å². The van der Waals surface area contributed by atoms with Crippen LogP contribution in [0, 0.1) is 0 Å². The Hall–Kier alpha value is -3.22. The molecule has 1 aromatic carbocycles. The molecule has 0 saturated carbocycles. The lowest BCUT2D eigenvalue weighted by atomic mass is 10.3.